The molecule has 1 aromatic heterocycles. The molecule has 3 heterocycles. The van der Waals surface area contributed by atoms with Gasteiger partial charge in [-0.25, -0.2) is 4.98 Å². The molecule has 6 bridgehead atoms. The Bertz CT molecular complexity index is 1480. The number of hydrogen-bond donors (Lipinski definition) is 1. The zero-order valence-corrected chi connectivity index (χ0v) is 18.8. The van der Waals surface area contributed by atoms with Gasteiger partial charge < -0.3 is 19.5 Å². The summed E-state index contributed by atoms with van der Waals surface area (Å²) < 4.78 is 8.37. The number of fused-ring (bicyclic) bond motifs is 7. The maximum absolute atomic E-state index is 13.3. The van der Waals surface area contributed by atoms with Crippen LogP contribution in [0.2, 0.25) is 0 Å². The van der Waals surface area contributed by atoms with E-state index in [1.165, 1.54) is 0 Å². The number of nitriles is 1. The van der Waals surface area contributed by atoms with Crippen molar-refractivity contribution in [2.75, 3.05) is 11.4 Å². The number of imidazole rings is 1. The molecule has 0 spiro atoms. The third-order valence-corrected chi connectivity index (χ3v) is 6.73. The molecule has 7 heteroatoms. The van der Waals surface area contributed by atoms with Crippen molar-refractivity contribution in [3.8, 4) is 17.6 Å². The zero-order chi connectivity index (χ0) is 23.2. The van der Waals surface area contributed by atoms with Crippen molar-refractivity contribution in [3.05, 3.63) is 83.4 Å². The Hall–Kier alpha value is -4.15. The molecule has 3 aromatic carbocycles. The van der Waals surface area contributed by atoms with E-state index in [9.17, 15) is 10.1 Å². The van der Waals surface area contributed by atoms with Crippen LogP contribution in [0.1, 0.15) is 29.1 Å². The lowest BCUT2D eigenvalue weighted by Gasteiger charge is -2.20. The van der Waals surface area contributed by atoms with Crippen molar-refractivity contribution in [2.45, 2.75) is 32.5 Å². The first kappa shape index (κ1) is 20.5. The Morgan fingerprint density at radius 2 is 2.09 bits per heavy atom. The number of nitrogens with zero attached hydrogens (tertiary/aromatic N) is 4. The van der Waals surface area contributed by atoms with E-state index in [-0.39, 0.29) is 11.9 Å². The van der Waals surface area contributed by atoms with Crippen LogP contribution in [-0.4, -0.2) is 28.0 Å². The lowest BCUT2D eigenvalue weighted by atomic mass is 10.1. The molecular formula is C27H23N5O2. The highest BCUT2D eigenvalue weighted by atomic mass is 16.5. The molecule has 4 aromatic rings. The van der Waals surface area contributed by atoms with Gasteiger partial charge in [-0.05, 0) is 54.6 Å². The number of nitrogens with one attached hydrogen (secondary N) is 1. The molecule has 2 aliphatic rings. The summed E-state index contributed by atoms with van der Waals surface area (Å²) in [5.41, 5.74) is 3.36. The smallest absolute Gasteiger partial charge is 0.244 e. The molecule has 1 saturated heterocycles. The van der Waals surface area contributed by atoms with E-state index >= 15 is 0 Å². The van der Waals surface area contributed by atoms with E-state index in [1.54, 1.807) is 6.07 Å². The van der Waals surface area contributed by atoms with Crippen LogP contribution in [0.5, 0.6) is 11.5 Å². The summed E-state index contributed by atoms with van der Waals surface area (Å²) in [5, 5.41) is 15.1. The van der Waals surface area contributed by atoms with Gasteiger partial charge in [-0.15, -0.1) is 0 Å². The number of benzene rings is 3. The minimum atomic E-state index is -0.243. The molecule has 1 amide bonds. The fraction of sp³-hybridized carbons (Fsp3) is 0.222. The first-order valence-corrected chi connectivity index (χ1v) is 11.4. The minimum absolute atomic E-state index is 0.0747. The number of carbonyl (C=O) groups excluding carboxylic acids is 1. The van der Waals surface area contributed by atoms with Crippen molar-refractivity contribution in [3.63, 3.8) is 0 Å². The van der Waals surface area contributed by atoms with Gasteiger partial charge in [0.1, 0.15) is 23.4 Å². The van der Waals surface area contributed by atoms with Crippen LogP contribution in [0, 0.1) is 18.3 Å². The molecule has 1 atom stereocenters. The van der Waals surface area contributed by atoms with Crippen molar-refractivity contribution in [1.82, 2.24) is 14.9 Å². The van der Waals surface area contributed by atoms with Gasteiger partial charge >= 0.3 is 0 Å². The molecule has 7 nitrogen and oxygen atoms in total. The van der Waals surface area contributed by atoms with Gasteiger partial charge in [0, 0.05) is 31.2 Å². The van der Waals surface area contributed by atoms with Gasteiger partial charge in [-0.3, -0.25) is 4.79 Å². The van der Waals surface area contributed by atoms with E-state index < -0.39 is 0 Å². The lowest BCUT2D eigenvalue weighted by Crippen LogP contribution is -2.38. The van der Waals surface area contributed by atoms with Crippen molar-refractivity contribution >= 4 is 22.4 Å². The van der Waals surface area contributed by atoms with Gasteiger partial charge in [0.2, 0.25) is 5.91 Å². The molecule has 2 aliphatic heterocycles. The Labute approximate surface area is 197 Å². The minimum Gasteiger partial charge on any atom is -0.456 e. The largest absolute Gasteiger partial charge is 0.456 e. The maximum atomic E-state index is 13.3. The highest BCUT2D eigenvalue weighted by Crippen LogP contribution is 2.35. The molecule has 1 fully saturated rings. The molecule has 0 aliphatic carbocycles. The maximum Gasteiger partial charge on any atom is 0.244 e. The van der Waals surface area contributed by atoms with Crippen LogP contribution < -0.4 is 15.0 Å². The summed E-state index contributed by atoms with van der Waals surface area (Å²) in [6.07, 6.45) is 2.60. The fourth-order valence-electron chi connectivity index (χ4n) is 4.89. The monoisotopic (exact) mass is 449 g/mol. The standard InChI is InChI=1S/C27H23N5O2/c1-17-29-14-21-15-30-24-9-10-31(27(24)33)25-4-2-3-19-7-8-22(12-23(19)25)34-26-11-18(16-32(17)21)5-6-20(26)13-28/h2-8,11-12,14,24,30H,9-10,15-16H2,1H3/t24-/m1/s1. The van der Waals surface area contributed by atoms with E-state index in [0.29, 0.717) is 36.7 Å². The van der Waals surface area contributed by atoms with Crippen molar-refractivity contribution in [2.24, 2.45) is 0 Å². The van der Waals surface area contributed by atoms with Gasteiger partial charge in [0.05, 0.1) is 23.0 Å². The van der Waals surface area contributed by atoms with Crippen LogP contribution in [0.15, 0.2) is 60.8 Å². The first-order valence-electron chi connectivity index (χ1n) is 11.4. The summed E-state index contributed by atoms with van der Waals surface area (Å²) in [4.78, 5) is 19.7. The summed E-state index contributed by atoms with van der Waals surface area (Å²) in [6.45, 7) is 3.76. The van der Waals surface area contributed by atoms with Crippen LogP contribution in [-0.2, 0) is 17.9 Å². The number of carbonyl (C=O) groups is 1. The molecule has 168 valence electrons. The quantitative estimate of drug-likeness (QED) is 0.434. The van der Waals surface area contributed by atoms with Crippen LogP contribution in [0.25, 0.3) is 10.8 Å². The van der Waals surface area contributed by atoms with Gasteiger partial charge in [-0.1, -0.05) is 24.3 Å². The summed E-state index contributed by atoms with van der Waals surface area (Å²) in [5.74, 6) is 2.11. The predicted octanol–water partition coefficient (Wildman–Crippen LogP) is 4.27. The lowest BCUT2D eigenvalue weighted by molar-refractivity contribution is -0.118. The Morgan fingerprint density at radius 1 is 1.18 bits per heavy atom. The second-order valence-electron chi connectivity index (χ2n) is 8.80. The summed E-state index contributed by atoms with van der Waals surface area (Å²) >= 11 is 0. The third kappa shape index (κ3) is 3.40. The van der Waals surface area contributed by atoms with Gasteiger partial charge in [0.15, 0.2) is 0 Å². The number of aromatic nitrogens is 2. The van der Waals surface area contributed by atoms with Gasteiger partial charge in [-0.2, -0.15) is 5.26 Å². The zero-order valence-electron chi connectivity index (χ0n) is 18.8. The number of aryl methyl sites for hydroxylation is 1. The Kier molecular flexibility index (Phi) is 4.82. The second-order valence-corrected chi connectivity index (χ2v) is 8.80. The number of rotatable bonds is 0. The van der Waals surface area contributed by atoms with Crippen LogP contribution in [0.4, 0.5) is 5.69 Å². The second kappa shape index (κ2) is 8.01. The molecule has 6 rings (SSSR count). The van der Waals surface area contributed by atoms with E-state index in [1.807, 2.05) is 66.6 Å². The van der Waals surface area contributed by atoms with Crippen LogP contribution >= 0.6 is 0 Å². The molecule has 0 saturated carbocycles. The average Bonchev–Trinajstić information content (AvgIpc) is 3.39. The van der Waals surface area contributed by atoms with Gasteiger partial charge in [0.25, 0.3) is 0 Å². The number of ether oxygens (including phenoxy) is 1. The van der Waals surface area contributed by atoms with Crippen molar-refractivity contribution < 1.29 is 9.53 Å². The first-order chi connectivity index (χ1) is 16.6. The summed E-state index contributed by atoms with van der Waals surface area (Å²) in [6, 6.07) is 19.5. The van der Waals surface area contributed by atoms with E-state index in [2.05, 4.69) is 20.9 Å². The molecule has 34 heavy (non-hydrogen) atoms. The Balaban J connectivity index is 1.52. The molecule has 1 N–H and O–H groups in total. The highest BCUT2D eigenvalue weighted by molar-refractivity contribution is 6.07. The van der Waals surface area contributed by atoms with Crippen LogP contribution in [0.3, 0.4) is 0 Å². The average molecular weight is 450 g/mol. The Morgan fingerprint density at radius 3 is 2.97 bits per heavy atom. The summed E-state index contributed by atoms with van der Waals surface area (Å²) in [7, 11) is 0. The van der Waals surface area contributed by atoms with E-state index in [0.717, 1.165) is 40.0 Å². The molecular weight excluding hydrogens is 426 g/mol. The normalized spacial score (nSPS) is 17.5. The predicted molar refractivity (Wildman–Crippen MR) is 129 cm³/mol. The fourth-order valence-corrected chi connectivity index (χ4v) is 4.89. The number of hydrogen-bond acceptors (Lipinski definition) is 5. The molecule has 0 radical (unpaired) electrons. The molecule has 0 unspecified atom stereocenters. The highest BCUT2D eigenvalue weighted by Gasteiger charge is 2.33. The topological polar surface area (TPSA) is 83.2 Å². The number of amides is 1. The number of anilines is 1. The SMILES string of the molecule is Cc1ncc2n1Cc1ccc(C#N)c(c1)Oc1ccc3cccc(c3c1)N1CC[C@@H](NC2)C1=O. The van der Waals surface area contributed by atoms with Crippen molar-refractivity contribution in [1.29, 1.82) is 5.26 Å². The van der Waals surface area contributed by atoms with E-state index in [4.69, 9.17) is 4.74 Å². The third-order valence-electron chi connectivity index (χ3n) is 6.73.